The van der Waals surface area contributed by atoms with Crippen LogP contribution in [0.5, 0.6) is 11.5 Å². The first-order valence-electron chi connectivity index (χ1n) is 6.15. The van der Waals surface area contributed by atoms with Crippen molar-refractivity contribution in [1.29, 1.82) is 0 Å². The number of aryl methyl sites for hydroxylation is 2. The maximum absolute atomic E-state index is 11.1. The van der Waals surface area contributed by atoms with Gasteiger partial charge in [0, 0.05) is 6.07 Å². The fraction of sp³-hybridized carbons (Fsp3) is 0.133. The zero-order chi connectivity index (χ0) is 15.6. The van der Waals surface area contributed by atoms with Gasteiger partial charge in [-0.15, -0.1) is 0 Å². The van der Waals surface area contributed by atoms with Crippen LogP contribution in [-0.4, -0.2) is 16.0 Å². The molecule has 0 saturated carbocycles. The van der Waals surface area contributed by atoms with Crippen LogP contribution in [0.1, 0.15) is 21.5 Å². The van der Waals surface area contributed by atoms with Gasteiger partial charge in [-0.1, -0.05) is 12.1 Å². The third kappa shape index (κ3) is 3.17. The van der Waals surface area contributed by atoms with Crippen LogP contribution in [0.4, 0.5) is 5.69 Å². The van der Waals surface area contributed by atoms with Crippen molar-refractivity contribution < 1.29 is 19.6 Å². The summed E-state index contributed by atoms with van der Waals surface area (Å²) in [6.45, 7) is 3.48. The number of carbonyl (C=O) groups is 1. The first kappa shape index (κ1) is 14.5. The van der Waals surface area contributed by atoms with Gasteiger partial charge in [0.05, 0.1) is 10.5 Å². The molecule has 0 amide bonds. The average molecular weight is 287 g/mol. The minimum absolute atomic E-state index is 0.0605. The molecule has 108 valence electrons. The Labute approximate surface area is 120 Å². The average Bonchev–Trinajstić information content (AvgIpc) is 2.42. The summed E-state index contributed by atoms with van der Waals surface area (Å²) in [7, 11) is 0. The summed E-state index contributed by atoms with van der Waals surface area (Å²) in [5, 5.41) is 20.0. The smallest absolute Gasteiger partial charge is 0.335 e. The molecule has 0 aliphatic heterocycles. The van der Waals surface area contributed by atoms with E-state index >= 15 is 0 Å². The van der Waals surface area contributed by atoms with Crippen molar-refractivity contribution in [3.05, 3.63) is 63.2 Å². The molecule has 1 N–H and O–H groups in total. The number of benzene rings is 2. The number of nitrogens with zero attached hydrogens (tertiary/aromatic N) is 1. The molecule has 0 heterocycles. The van der Waals surface area contributed by atoms with Gasteiger partial charge in [-0.3, -0.25) is 10.1 Å². The molecule has 2 rings (SSSR count). The maximum atomic E-state index is 11.1. The topological polar surface area (TPSA) is 89.7 Å². The molecule has 2 aromatic carbocycles. The Morgan fingerprint density at radius 3 is 2.48 bits per heavy atom. The summed E-state index contributed by atoms with van der Waals surface area (Å²) in [6.07, 6.45) is 0. The molecule has 0 saturated heterocycles. The quantitative estimate of drug-likeness (QED) is 0.684. The highest BCUT2D eigenvalue weighted by molar-refractivity contribution is 5.88. The highest BCUT2D eigenvalue weighted by atomic mass is 16.6. The summed E-state index contributed by atoms with van der Waals surface area (Å²) in [4.78, 5) is 21.5. The molecule has 21 heavy (non-hydrogen) atoms. The summed E-state index contributed by atoms with van der Waals surface area (Å²) < 4.78 is 5.54. The van der Waals surface area contributed by atoms with E-state index in [1.807, 2.05) is 0 Å². The van der Waals surface area contributed by atoms with Gasteiger partial charge in [-0.05, 0) is 43.2 Å². The molecule has 2 aromatic rings. The molecule has 0 aliphatic rings. The van der Waals surface area contributed by atoms with Crippen LogP contribution in [0.3, 0.4) is 0 Å². The molecule has 0 aliphatic carbocycles. The Balaban J connectivity index is 2.45. The van der Waals surface area contributed by atoms with Gasteiger partial charge in [0.15, 0.2) is 0 Å². The molecule has 0 radical (unpaired) electrons. The number of hydrogen-bond donors (Lipinski definition) is 1. The molecule has 0 unspecified atom stereocenters. The van der Waals surface area contributed by atoms with Crippen LogP contribution in [-0.2, 0) is 0 Å². The molecule has 0 spiro atoms. The van der Waals surface area contributed by atoms with Crippen molar-refractivity contribution in [2.24, 2.45) is 0 Å². The second-order valence-corrected chi connectivity index (χ2v) is 4.62. The van der Waals surface area contributed by atoms with E-state index in [4.69, 9.17) is 9.84 Å². The van der Waals surface area contributed by atoms with Crippen LogP contribution in [0.2, 0.25) is 0 Å². The van der Waals surface area contributed by atoms with Crippen molar-refractivity contribution in [3.63, 3.8) is 0 Å². The van der Waals surface area contributed by atoms with Crippen molar-refractivity contribution >= 4 is 11.7 Å². The molecule has 6 nitrogen and oxygen atoms in total. The number of nitro benzene ring substituents is 1. The summed E-state index contributed by atoms with van der Waals surface area (Å²) in [6, 6.07) is 9.00. The summed E-state index contributed by atoms with van der Waals surface area (Å²) in [5.41, 5.74) is 1.33. The second-order valence-electron chi connectivity index (χ2n) is 4.62. The van der Waals surface area contributed by atoms with E-state index in [-0.39, 0.29) is 22.7 Å². The van der Waals surface area contributed by atoms with E-state index in [1.165, 1.54) is 24.3 Å². The minimum Gasteiger partial charge on any atom is -0.478 e. The predicted octanol–water partition coefficient (Wildman–Crippen LogP) is 3.70. The monoisotopic (exact) mass is 287 g/mol. The molecule has 6 heteroatoms. The van der Waals surface area contributed by atoms with Crippen LogP contribution in [0.25, 0.3) is 0 Å². The molecular formula is C15H13NO5. The van der Waals surface area contributed by atoms with Gasteiger partial charge >= 0.3 is 11.7 Å². The van der Waals surface area contributed by atoms with Crippen molar-refractivity contribution in [2.75, 3.05) is 0 Å². The summed E-state index contributed by atoms with van der Waals surface area (Å²) >= 11 is 0. The molecular weight excluding hydrogens is 274 g/mol. The van der Waals surface area contributed by atoms with E-state index in [0.29, 0.717) is 5.56 Å². The van der Waals surface area contributed by atoms with Crippen LogP contribution in [0, 0.1) is 24.0 Å². The van der Waals surface area contributed by atoms with E-state index in [1.54, 1.807) is 26.0 Å². The largest absolute Gasteiger partial charge is 0.478 e. The Hall–Kier alpha value is -2.89. The first-order valence-corrected chi connectivity index (χ1v) is 6.15. The van der Waals surface area contributed by atoms with Crippen LogP contribution in [0.15, 0.2) is 36.4 Å². The van der Waals surface area contributed by atoms with Gasteiger partial charge in [-0.25, -0.2) is 4.79 Å². The SMILES string of the molecule is Cc1ccc(Oc2cc(C(=O)O)ccc2C)c([N+](=O)[O-])c1. The molecule has 0 fully saturated rings. The summed E-state index contributed by atoms with van der Waals surface area (Å²) in [5.74, 6) is -0.726. The second kappa shape index (κ2) is 5.62. The van der Waals surface area contributed by atoms with Gasteiger partial charge in [0.2, 0.25) is 5.75 Å². The van der Waals surface area contributed by atoms with Gasteiger partial charge in [0.1, 0.15) is 5.75 Å². The van der Waals surface area contributed by atoms with Gasteiger partial charge in [-0.2, -0.15) is 0 Å². The lowest BCUT2D eigenvalue weighted by molar-refractivity contribution is -0.385. The number of ether oxygens (including phenoxy) is 1. The maximum Gasteiger partial charge on any atom is 0.335 e. The third-order valence-corrected chi connectivity index (χ3v) is 2.97. The minimum atomic E-state index is -1.08. The number of hydrogen-bond acceptors (Lipinski definition) is 4. The number of carboxylic acid groups (broad SMARTS) is 1. The normalized spacial score (nSPS) is 10.2. The number of nitro groups is 1. The Kier molecular flexibility index (Phi) is 3.89. The van der Waals surface area contributed by atoms with E-state index in [9.17, 15) is 14.9 Å². The highest BCUT2D eigenvalue weighted by Gasteiger charge is 2.17. The van der Waals surface area contributed by atoms with E-state index in [0.717, 1.165) is 5.56 Å². The molecule has 0 aromatic heterocycles. The lowest BCUT2D eigenvalue weighted by Gasteiger charge is -2.10. The lowest BCUT2D eigenvalue weighted by Crippen LogP contribution is -1.99. The lowest BCUT2D eigenvalue weighted by atomic mass is 10.1. The number of aromatic carboxylic acids is 1. The van der Waals surface area contributed by atoms with Crippen LogP contribution >= 0.6 is 0 Å². The Morgan fingerprint density at radius 2 is 1.86 bits per heavy atom. The fourth-order valence-corrected chi connectivity index (χ4v) is 1.82. The first-order chi connectivity index (χ1) is 9.88. The Bertz CT molecular complexity index is 724. The molecule has 0 atom stereocenters. The van der Waals surface area contributed by atoms with Crippen molar-refractivity contribution in [1.82, 2.24) is 0 Å². The number of rotatable bonds is 4. The fourth-order valence-electron chi connectivity index (χ4n) is 1.82. The molecule has 0 bridgehead atoms. The van der Waals surface area contributed by atoms with E-state index in [2.05, 4.69) is 0 Å². The van der Waals surface area contributed by atoms with Crippen molar-refractivity contribution in [2.45, 2.75) is 13.8 Å². The zero-order valence-electron chi connectivity index (χ0n) is 11.5. The number of carboxylic acids is 1. The van der Waals surface area contributed by atoms with Gasteiger partial charge < -0.3 is 9.84 Å². The Morgan fingerprint density at radius 1 is 1.14 bits per heavy atom. The predicted molar refractivity (Wildman–Crippen MR) is 76.0 cm³/mol. The van der Waals surface area contributed by atoms with Crippen LogP contribution < -0.4 is 4.74 Å². The van der Waals surface area contributed by atoms with Crippen molar-refractivity contribution in [3.8, 4) is 11.5 Å². The standard InChI is InChI=1S/C15H13NO5/c1-9-3-6-13(12(7-9)16(19)20)21-14-8-11(15(17)18)5-4-10(14)2/h3-8H,1-2H3,(H,17,18). The van der Waals surface area contributed by atoms with Gasteiger partial charge in [0.25, 0.3) is 0 Å². The third-order valence-electron chi connectivity index (χ3n) is 2.97. The zero-order valence-corrected chi connectivity index (χ0v) is 11.5. The van der Waals surface area contributed by atoms with E-state index < -0.39 is 10.9 Å². The highest BCUT2D eigenvalue weighted by Crippen LogP contribution is 2.33.